The van der Waals surface area contributed by atoms with Gasteiger partial charge in [-0.2, -0.15) is 4.72 Å². The number of hydrogen-bond donors (Lipinski definition) is 2. The summed E-state index contributed by atoms with van der Waals surface area (Å²) in [5.74, 6) is -1.95. The fourth-order valence-corrected chi connectivity index (χ4v) is 4.52. The number of nitrogens with one attached hydrogen (secondary N) is 2. The van der Waals surface area contributed by atoms with Crippen LogP contribution in [0.2, 0.25) is 0 Å². The Morgan fingerprint density at radius 1 is 1.00 bits per heavy atom. The first-order valence-corrected chi connectivity index (χ1v) is 12.2. The van der Waals surface area contributed by atoms with Crippen molar-refractivity contribution in [2.24, 2.45) is 0 Å². The maximum Gasteiger partial charge on any atom is 0.244 e. The summed E-state index contributed by atoms with van der Waals surface area (Å²) in [6.07, 6.45) is 0.0148. The zero-order valence-corrected chi connectivity index (χ0v) is 17.5. The molecule has 158 valence electrons. The second kappa shape index (κ2) is 9.95. The number of carbonyl (C=O) groups excluding carboxylic acids is 1. The number of halogens is 1. The van der Waals surface area contributed by atoms with Gasteiger partial charge in [-0.3, -0.25) is 4.79 Å². The number of benzene rings is 2. The Morgan fingerprint density at radius 3 is 2.24 bits per heavy atom. The van der Waals surface area contributed by atoms with E-state index in [0.717, 1.165) is 12.1 Å². The largest absolute Gasteiger partial charge is 0.354 e. The van der Waals surface area contributed by atoms with E-state index in [4.69, 9.17) is 0 Å². The Labute approximate surface area is 170 Å². The molecular weight excluding hydrogens is 419 g/mol. The Hall–Kier alpha value is -2.30. The lowest BCUT2D eigenvalue weighted by Gasteiger charge is -2.19. The minimum Gasteiger partial charge on any atom is -0.354 e. The van der Waals surface area contributed by atoms with Crippen LogP contribution in [-0.4, -0.2) is 46.8 Å². The first kappa shape index (κ1) is 23.0. The van der Waals surface area contributed by atoms with Gasteiger partial charge in [0.25, 0.3) is 0 Å². The van der Waals surface area contributed by atoms with Gasteiger partial charge in [-0.25, -0.2) is 21.2 Å². The minimum absolute atomic E-state index is 0.0148. The Morgan fingerprint density at radius 2 is 1.62 bits per heavy atom. The third-order valence-corrected chi connectivity index (χ3v) is 7.39. The highest BCUT2D eigenvalue weighted by molar-refractivity contribution is 7.91. The molecule has 1 atom stereocenters. The second-order valence-electron chi connectivity index (χ2n) is 6.32. The fraction of sp³-hybridized carbons (Fsp3) is 0.316. The normalized spacial score (nSPS) is 13.0. The van der Waals surface area contributed by atoms with E-state index in [2.05, 4.69) is 10.0 Å². The number of hydrogen-bond acceptors (Lipinski definition) is 5. The summed E-state index contributed by atoms with van der Waals surface area (Å²) in [6.45, 7) is 1.35. The number of carbonyl (C=O) groups is 1. The SMILES string of the molecule is CCS(=O)(=O)CCNC(=O)C(Cc1ccccc1)NS(=O)(=O)c1ccccc1F. The maximum atomic E-state index is 14.0. The average molecular weight is 443 g/mol. The molecule has 0 aliphatic heterocycles. The van der Waals surface area contributed by atoms with E-state index in [1.807, 2.05) is 0 Å². The highest BCUT2D eigenvalue weighted by atomic mass is 32.2. The van der Waals surface area contributed by atoms with Crippen LogP contribution in [0.1, 0.15) is 12.5 Å². The minimum atomic E-state index is -4.32. The maximum absolute atomic E-state index is 14.0. The summed E-state index contributed by atoms with van der Waals surface area (Å²) in [5.41, 5.74) is 0.685. The number of amides is 1. The highest BCUT2D eigenvalue weighted by Crippen LogP contribution is 2.15. The molecule has 29 heavy (non-hydrogen) atoms. The van der Waals surface area contributed by atoms with Crippen molar-refractivity contribution in [1.82, 2.24) is 10.0 Å². The van der Waals surface area contributed by atoms with Crippen molar-refractivity contribution in [1.29, 1.82) is 0 Å². The van der Waals surface area contributed by atoms with Gasteiger partial charge in [-0.05, 0) is 24.1 Å². The van der Waals surface area contributed by atoms with Gasteiger partial charge >= 0.3 is 0 Å². The zero-order valence-electron chi connectivity index (χ0n) is 15.8. The molecule has 2 aromatic rings. The van der Waals surface area contributed by atoms with Crippen LogP contribution in [0.4, 0.5) is 4.39 Å². The van der Waals surface area contributed by atoms with Gasteiger partial charge in [-0.15, -0.1) is 0 Å². The summed E-state index contributed by atoms with van der Waals surface area (Å²) in [5, 5.41) is 2.44. The van der Waals surface area contributed by atoms with Crippen LogP contribution in [0.5, 0.6) is 0 Å². The zero-order chi connectivity index (χ0) is 21.5. The molecule has 1 amide bonds. The topological polar surface area (TPSA) is 109 Å². The smallest absolute Gasteiger partial charge is 0.244 e. The molecule has 0 aromatic heterocycles. The monoisotopic (exact) mass is 442 g/mol. The van der Waals surface area contributed by atoms with Crippen LogP contribution in [0.3, 0.4) is 0 Å². The van der Waals surface area contributed by atoms with Crippen molar-refractivity contribution in [3.63, 3.8) is 0 Å². The number of sulfone groups is 1. The van der Waals surface area contributed by atoms with Crippen molar-refractivity contribution in [3.8, 4) is 0 Å². The summed E-state index contributed by atoms with van der Waals surface area (Å²) < 4.78 is 64.6. The van der Waals surface area contributed by atoms with Crippen LogP contribution in [0.15, 0.2) is 59.5 Å². The Balaban J connectivity index is 2.20. The van der Waals surface area contributed by atoms with E-state index in [0.29, 0.717) is 5.56 Å². The van der Waals surface area contributed by atoms with Gasteiger partial charge in [-0.1, -0.05) is 49.4 Å². The quantitative estimate of drug-likeness (QED) is 0.576. The van der Waals surface area contributed by atoms with E-state index in [1.54, 1.807) is 30.3 Å². The first-order valence-electron chi connectivity index (χ1n) is 8.93. The molecule has 2 aromatic carbocycles. The molecule has 0 aliphatic carbocycles. The molecule has 0 spiro atoms. The fourth-order valence-electron chi connectivity index (χ4n) is 2.55. The molecule has 2 N–H and O–H groups in total. The van der Waals surface area contributed by atoms with Crippen LogP contribution in [0, 0.1) is 5.82 Å². The average Bonchev–Trinajstić information content (AvgIpc) is 2.68. The Bertz CT molecular complexity index is 1040. The van der Waals surface area contributed by atoms with Crippen LogP contribution in [0.25, 0.3) is 0 Å². The first-order chi connectivity index (χ1) is 13.6. The molecule has 0 radical (unpaired) electrons. The third kappa shape index (κ3) is 6.91. The summed E-state index contributed by atoms with van der Waals surface area (Å²) in [6, 6.07) is 12.3. The molecule has 0 aliphatic rings. The lowest BCUT2D eigenvalue weighted by molar-refractivity contribution is -0.122. The van der Waals surface area contributed by atoms with Crippen LogP contribution in [-0.2, 0) is 31.1 Å². The van der Waals surface area contributed by atoms with Gasteiger partial charge in [0.05, 0.1) is 5.75 Å². The predicted molar refractivity (Wildman–Crippen MR) is 108 cm³/mol. The predicted octanol–water partition coefficient (Wildman–Crippen LogP) is 1.27. The van der Waals surface area contributed by atoms with Crippen molar-refractivity contribution >= 4 is 25.8 Å². The van der Waals surface area contributed by atoms with E-state index >= 15 is 0 Å². The van der Waals surface area contributed by atoms with Gasteiger partial charge < -0.3 is 5.32 Å². The van der Waals surface area contributed by atoms with Crippen molar-refractivity contribution in [3.05, 3.63) is 66.0 Å². The van der Waals surface area contributed by atoms with E-state index in [1.165, 1.54) is 19.1 Å². The van der Waals surface area contributed by atoms with Gasteiger partial charge in [0.15, 0.2) is 9.84 Å². The third-order valence-electron chi connectivity index (χ3n) is 4.17. The molecule has 0 heterocycles. The molecule has 0 fully saturated rings. The van der Waals surface area contributed by atoms with Crippen molar-refractivity contribution < 1.29 is 26.0 Å². The van der Waals surface area contributed by atoms with E-state index < -0.39 is 42.5 Å². The molecule has 0 saturated heterocycles. The number of rotatable bonds is 10. The van der Waals surface area contributed by atoms with Crippen molar-refractivity contribution in [2.45, 2.75) is 24.3 Å². The van der Waals surface area contributed by atoms with E-state index in [9.17, 15) is 26.0 Å². The number of sulfonamides is 1. The lowest BCUT2D eigenvalue weighted by Crippen LogP contribution is -2.48. The molecular formula is C19H23FN2O5S2. The van der Waals surface area contributed by atoms with E-state index in [-0.39, 0.29) is 24.5 Å². The lowest BCUT2D eigenvalue weighted by atomic mass is 10.1. The summed E-state index contributed by atoms with van der Waals surface area (Å²) in [7, 11) is -7.60. The molecule has 10 heteroatoms. The molecule has 2 rings (SSSR count). The summed E-state index contributed by atoms with van der Waals surface area (Å²) in [4.78, 5) is 12.0. The Kier molecular flexibility index (Phi) is 7.88. The highest BCUT2D eigenvalue weighted by Gasteiger charge is 2.28. The summed E-state index contributed by atoms with van der Waals surface area (Å²) >= 11 is 0. The molecule has 7 nitrogen and oxygen atoms in total. The van der Waals surface area contributed by atoms with Crippen LogP contribution < -0.4 is 10.0 Å². The molecule has 0 saturated carbocycles. The standard InChI is InChI=1S/C19H23FN2O5S2/c1-2-28(24,25)13-12-21-19(23)17(14-15-8-4-3-5-9-15)22-29(26,27)18-11-7-6-10-16(18)20/h3-11,17,22H,2,12-14H2,1H3,(H,21,23). The van der Waals surface area contributed by atoms with Crippen molar-refractivity contribution in [2.75, 3.05) is 18.1 Å². The van der Waals surface area contributed by atoms with Gasteiger partial charge in [0, 0.05) is 12.3 Å². The molecule has 1 unspecified atom stereocenters. The van der Waals surface area contributed by atoms with Gasteiger partial charge in [0.1, 0.15) is 16.8 Å². The van der Waals surface area contributed by atoms with Crippen LogP contribution >= 0.6 is 0 Å². The van der Waals surface area contributed by atoms with Gasteiger partial charge in [0.2, 0.25) is 15.9 Å². The molecule has 0 bridgehead atoms. The second-order valence-corrected chi connectivity index (χ2v) is 10.5.